The molecule has 1 amide bonds. The third kappa shape index (κ3) is 4.86. The number of ether oxygens (including phenoxy) is 1. The molecule has 0 unspecified atom stereocenters. The normalized spacial score (nSPS) is 23.9. The van der Waals surface area contributed by atoms with E-state index in [1.807, 2.05) is 19.1 Å². The van der Waals surface area contributed by atoms with Crippen LogP contribution in [0.15, 0.2) is 24.3 Å². The van der Waals surface area contributed by atoms with Gasteiger partial charge in [0.2, 0.25) is 5.91 Å². The van der Waals surface area contributed by atoms with Crippen LogP contribution in [0.2, 0.25) is 5.02 Å². The summed E-state index contributed by atoms with van der Waals surface area (Å²) in [6, 6.07) is 8.69. The minimum Gasteiger partial charge on any atom is -0.375 e. The second-order valence-corrected chi connectivity index (χ2v) is 9.38. The van der Waals surface area contributed by atoms with E-state index >= 15 is 0 Å². The molecule has 1 aliphatic carbocycles. The number of carbonyl (C=O) groups excluding carboxylic acids is 1. The first-order chi connectivity index (χ1) is 12.9. The van der Waals surface area contributed by atoms with Gasteiger partial charge >= 0.3 is 0 Å². The highest BCUT2D eigenvalue weighted by molar-refractivity contribution is 6.30. The maximum Gasteiger partial charge on any atom is 0.222 e. The lowest BCUT2D eigenvalue weighted by Gasteiger charge is -2.42. The van der Waals surface area contributed by atoms with Crippen molar-refractivity contribution in [2.24, 2.45) is 0 Å². The van der Waals surface area contributed by atoms with Crippen molar-refractivity contribution in [1.29, 1.82) is 0 Å². The van der Waals surface area contributed by atoms with Crippen LogP contribution in [0.25, 0.3) is 0 Å². The smallest absolute Gasteiger partial charge is 0.222 e. The zero-order valence-corrected chi connectivity index (χ0v) is 17.9. The molecule has 0 aromatic heterocycles. The fraction of sp³-hybridized carbons (Fsp3) is 0.696. The first-order valence-corrected chi connectivity index (χ1v) is 10.9. The van der Waals surface area contributed by atoms with Gasteiger partial charge in [0.25, 0.3) is 0 Å². The van der Waals surface area contributed by atoms with Gasteiger partial charge < -0.3 is 9.64 Å². The molecular formula is C23H34ClNO2. The van der Waals surface area contributed by atoms with Crippen LogP contribution in [0.4, 0.5) is 0 Å². The summed E-state index contributed by atoms with van der Waals surface area (Å²) in [6.07, 6.45) is 8.45. The summed E-state index contributed by atoms with van der Waals surface area (Å²) in [5.41, 5.74) is 1.44. The highest BCUT2D eigenvalue weighted by atomic mass is 35.5. The molecule has 2 aliphatic rings. The predicted octanol–water partition coefficient (Wildman–Crippen LogP) is 5.74. The maximum atomic E-state index is 12.8. The van der Waals surface area contributed by atoms with Gasteiger partial charge in [0.15, 0.2) is 0 Å². The van der Waals surface area contributed by atoms with Gasteiger partial charge in [0, 0.05) is 30.6 Å². The van der Waals surface area contributed by atoms with Gasteiger partial charge in [-0.1, -0.05) is 43.5 Å². The van der Waals surface area contributed by atoms with Gasteiger partial charge in [0.1, 0.15) is 0 Å². The van der Waals surface area contributed by atoms with Crippen molar-refractivity contribution in [3.05, 3.63) is 34.9 Å². The van der Waals surface area contributed by atoms with Gasteiger partial charge in [-0.05, 0) is 69.1 Å². The summed E-state index contributed by atoms with van der Waals surface area (Å²) < 4.78 is 5.89. The van der Waals surface area contributed by atoms with Crippen molar-refractivity contribution in [2.45, 2.75) is 89.2 Å². The lowest BCUT2D eigenvalue weighted by molar-refractivity contribution is -0.140. The lowest BCUT2D eigenvalue weighted by atomic mass is 9.76. The van der Waals surface area contributed by atoms with Gasteiger partial charge in [-0.3, -0.25) is 4.79 Å². The predicted molar refractivity (Wildman–Crippen MR) is 111 cm³/mol. The van der Waals surface area contributed by atoms with E-state index in [0.717, 1.165) is 37.4 Å². The van der Waals surface area contributed by atoms with Gasteiger partial charge in [-0.25, -0.2) is 0 Å². The second-order valence-electron chi connectivity index (χ2n) is 8.94. The van der Waals surface area contributed by atoms with Crippen molar-refractivity contribution in [3.8, 4) is 0 Å². The molecule has 1 saturated heterocycles. The molecule has 4 heteroatoms. The van der Waals surface area contributed by atoms with E-state index in [1.165, 1.54) is 31.2 Å². The molecule has 3 rings (SSSR count). The third-order valence-electron chi connectivity index (χ3n) is 6.58. The van der Waals surface area contributed by atoms with E-state index in [9.17, 15) is 4.79 Å². The van der Waals surface area contributed by atoms with E-state index in [-0.39, 0.29) is 16.9 Å². The Kier molecular flexibility index (Phi) is 6.53. The number of nitrogens with zero attached hydrogens (tertiary/aromatic N) is 1. The standard InChI is InChI=1S/C23H34ClNO2/c1-4-21(26)25(20-11-16-27-22(2,3)17-20)15-14-23(12-5-6-13-23)18-7-9-19(24)10-8-18/h7-10,20H,4-6,11-17H2,1-3H3/t20-/m1/s1. The minimum atomic E-state index is -0.142. The molecule has 1 atom stereocenters. The highest BCUT2D eigenvalue weighted by Crippen LogP contribution is 2.44. The monoisotopic (exact) mass is 391 g/mol. The molecular weight excluding hydrogens is 358 g/mol. The Balaban J connectivity index is 1.76. The Morgan fingerprint density at radius 2 is 1.89 bits per heavy atom. The summed E-state index contributed by atoms with van der Waals surface area (Å²) in [6.45, 7) is 7.84. The number of carbonyl (C=O) groups is 1. The lowest BCUT2D eigenvalue weighted by Crippen LogP contribution is -2.49. The zero-order chi connectivity index (χ0) is 19.5. The van der Waals surface area contributed by atoms with Crippen LogP contribution >= 0.6 is 11.6 Å². The summed E-state index contributed by atoms with van der Waals surface area (Å²) in [7, 11) is 0. The number of benzene rings is 1. The molecule has 27 heavy (non-hydrogen) atoms. The van der Waals surface area contributed by atoms with Gasteiger partial charge in [-0.15, -0.1) is 0 Å². The van der Waals surface area contributed by atoms with Crippen molar-refractivity contribution >= 4 is 17.5 Å². The highest BCUT2D eigenvalue weighted by Gasteiger charge is 2.38. The summed E-state index contributed by atoms with van der Waals surface area (Å²) >= 11 is 6.12. The van der Waals surface area contributed by atoms with Crippen molar-refractivity contribution < 1.29 is 9.53 Å². The van der Waals surface area contributed by atoms with Crippen LogP contribution < -0.4 is 0 Å². The summed E-state index contributed by atoms with van der Waals surface area (Å²) in [4.78, 5) is 14.9. The van der Waals surface area contributed by atoms with Crippen molar-refractivity contribution in [2.75, 3.05) is 13.2 Å². The average molecular weight is 392 g/mol. The average Bonchev–Trinajstić information content (AvgIpc) is 3.11. The van der Waals surface area contributed by atoms with Crippen LogP contribution in [0.1, 0.15) is 77.7 Å². The number of hydrogen-bond donors (Lipinski definition) is 0. The van der Waals surface area contributed by atoms with E-state index in [4.69, 9.17) is 16.3 Å². The number of rotatable bonds is 6. The van der Waals surface area contributed by atoms with Crippen LogP contribution in [0, 0.1) is 0 Å². The van der Waals surface area contributed by atoms with E-state index in [0.29, 0.717) is 12.5 Å². The van der Waals surface area contributed by atoms with E-state index in [1.54, 1.807) is 0 Å². The largest absolute Gasteiger partial charge is 0.375 e. The number of halogens is 1. The Labute approximate surface area is 169 Å². The molecule has 0 N–H and O–H groups in total. The molecule has 1 aromatic rings. The molecule has 1 saturated carbocycles. The first kappa shape index (κ1) is 20.7. The minimum absolute atomic E-state index is 0.142. The summed E-state index contributed by atoms with van der Waals surface area (Å²) in [5, 5.41) is 0.791. The zero-order valence-electron chi connectivity index (χ0n) is 17.1. The van der Waals surface area contributed by atoms with Crippen LogP contribution in [0.5, 0.6) is 0 Å². The van der Waals surface area contributed by atoms with Crippen molar-refractivity contribution in [3.63, 3.8) is 0 Å². The fourth-order valence-corrected chi connectivity index (χ4v) is 5.18. The Morgan fingerprint density at radius 3 is 2.48 bits per heavy atom. The molecule has 0 radical (unpaired) electrons. The number of hydrogen-bond acceptors (Lipinski definition) is 2. The Morgan fingerprint density at radius 1 is 1.22 bits per heavy atom. The Hall–Kier alpha value is -1.06. The molecule has 1 aromatic carbocycles. The van der Waals surface area contributed by atoms with Crippen LogP contribution in [0.3, 0.4) is 0 Å². The van der Waals surface area contributed by atoms with E-state index in [2.05, 4.69) is 30.9 Å². The molecule has 2 fully saturated rings. The molecule has 1 heterocycles. The molecule has 150 valence electrons. The first-order valence-electron chi connectivity index (χ1n) is 10.5. The maximum absolute atomic E-state index is 12.8. The molecule has 1 aliphatic heterocycles. The molecule has 0 bridgehead atoms. The topological polar surface area (TPSA) is 29.5 Å². The SMILES string of the molecule is CCC(=O)N(CCC1(c2ccc(Cl)cc2)CCCC1)[C@@H]1CCOC(C)(C)C1. The fourth-order valence-electron chi connectivity index (χ4n) is 5.05. The molecule has 0 spiro atoms. The second kappa shape index (κ2) is 8.53. The summed E-state index contributed by atoms with van der Waals surface area (Å²) in [5.74, 6) is 0.280. The van der Waals surface area contributed by atoms with E-state index < -0.39 is 0 Å². The number of amides is 1. The molecule has 3 nitrogen and oxygen atoms in total. The van der Waals surface area contributed by atoms with Crippen LogP contribution in [-0.2, 0) is 14.9 Å². The quantitative estimate of drug-likeness (QED) is 0.618. The van der Waals surface area contributed by atoms with Gasteiger partial charge in [-0.2, -0.15) is 0 Å². The van der Waals surface area contributed by atoms with Crippen LogP contribution in [-0.4, -0.2) is 35.6 Å². The Bertz CT molecular complexity index is 634. The van der Waals surface area contributed by atoms with Gasteiger partial charge in [0.05, 0.1) is 5.60 Å². The third-order valence-corrected chi connectivity index (χ3v) is 6.84. The van der Waals surface area contributed by atoms with Crippen molar-refractivity contribution in [1.82, 2.24) is 4.90 Å².